The van der Waals surface area contributed by atoms with Crippen LogP contribution < -0.4 is 0 Å². The van der Waals surface area contributed by atoms with Crippen LogP contribution in [0.25, 0.3) is 0 Å². The molecular formula is C10H10N2. The van der Waals surface area contributed by atoms with Gasteiger partial charge in [0.1, 0.15) is 0 Å². The van der Waals surface area contributed by atoms with Gasteiger partial charge in [0.25, 0.3) is 0 Å². The van der Waals surface area contributed by atoms with Gasteiger partial charge in [-0.05, 0) is 37.7 Å². The van der Waals surface area contributed by atoms with Crippen LogP contribution >= 0.6 is 0 Å². The Morgan fingerprint density at radius 1 is 1.33 bits per heavy atom. The van der Waals surface area contributed by atoms with Gasteiger partial charge < -0.3 is 0 Å². The number of benzene rings is 1. The van der Waals surface area contributed by atoms with Crippen molar-refractivity contribution in [3.63, 3.8) is 0 Å². The van der Waals surface area contributed by atoms with Crippen LogP contribution in [0.5, 0.6) is 0 Å². The van der Waals surface area contributed by atoms with Crippen LogP contribution in [0.4, 0.5) is 11.4 Å². The van der Waals surface area contributed by atoms with Crippen molar-refractivity contribution in [1.29, 1.82) is 0 Å². The first-order valence-electron chi connectivity index (χ1n) is 3.68. The highest BCUT2D eigenvalue weighted by Crippen LogP contribution is 2.25. The fourth-order valence-electron chi connectivity index (χ4n) is 0.827. The van der Waals surface area contributed by atoms with Crippen LogP contribution in [0.1, 0.15) is 6.92 Å². The third-order valence-corrected chi connectivity index (χ3v) is 1.37. The van der Waals surface area contributed by atoms with E-state index in [0.717, 1.165) is 11.4 Å². The summed E-state index contributed by atoms with van der Waals surface area (Å²) in [4.78, 5) is 7.88. The Labute approximate surface area is 72.0 Å². The largest absolute Gasteiger partial charge is 0.262 e. The number of para-hydroxylation sites is 2. The fraction of sp³-hybridized carbons (Fsp3) is 0.100. The van der Waals surface area contributed by atoms with Crippen LogP contribution in [0.3, 0.4) is 0 Å². The van der Waals surface area contributed by atoms with Gasteiger partial charge in [0, 0.05) is 0 Å². The van der Waals surface area contributed by atoms with Gasteiger partial charge >= 0.3 is 0 Å². The van der Waals surface area contributed by atoms with Gasteiger partial charge in [0.2, 0.25) is 0 Å². The first-order chi connectivity index (χ1) is 5.88. The van der Waals surface area contributed by atoms with Crippen molar-refractivity contribution < 1.29 is 0 Å². The van der Waals surface area contributed by atoms with Gasteiger partial charge in [0.05, 0.1) is 11.4 Å². The molecule has 0 aliphatic rings. The lowest BCUT2D eigenvalue weighted by atomic mass is 10.3. The normalized spacial score (nSPS) is 8.42. The lowest BCUT2D eigenvalue weighted by molar-refractivity contribution is 1.47. The van der Waals surface area contributed by atoms with Crippen molar-refractivity contribution in [2.45, 2.75) is 6.92 Å². The van der Waals surface area contributed by atoms with Crippen LogP contribution in [0.15, 0.2) is 40.3 Å². The zero-order chi connectivity index (χ0) is 8.81. The van der Waals surface area contributed by atoms with Crippen molar-refractivity contribution in [1.82, 2.24) is 0 Å². The van der Waals surface area contributed by atoms with Gasteiger partial charge in [0.15, 0.2) is 0 Å². The molecule has 0 saturated heterocycles. The zero-order valence-corrected chi connectivity index (χ0v) is 6.99. The average Bonchev–Trinajstić information content (AvgIpc) is 2.15. The van der Waals surface area contributed by atoms with Crippen LogP contribution in [0.2, 0.25) is 0 Å². The van der Waals surface area contributed by atoms with Crippen molar-refractivity contribution in [2.75, 3.05) is 0 Å². The van der Waals surface area contributed by atoms with Crippen molar-refractivity contribution in [2.24, 2.45) is 9.98 Å². The Morgan fingerprint density at radius 2 is 2.00 bits per heavy atom. The van der Waals surface area contributed by atoms with Crippen molar-refractivity contribution in [3.8, 4) is 0 Å². The molecule has 0 fully saturated rings. The summed E-state index contributed by atoms with van der Waals surface area (Å²) in [6, 6.07) is 7.55. The molecule has 1 aromatic carbocycles. The number of rotatable bonds is 2. The molecule has 0 amide bonds. The van der Waals surface area contributed by atoms with Gasteiger partial charge in [-0.25, -0.2) is 4.99 Å². The second-order valence-electron chi connectivity index (χ2n) is 2.18. The molecule has 0 spiro atoms. The maximum absolute atomic E-state index is 4.06. The molecular weight excluding hydrogens is 148 g/mol. The minimum Gasteiger partial charge on any atom is -0.262 e. The molecule has 12 heavy (non-hydrogen) atoms. The molecule has 0 unspecified atom stereocenters. The van der Waals surface area contributed by atoms with Crippen LogP contribution in [-0.2, 0) is 0 Å². The van der Waals surface area contributed by atoms with Gasteiger partial charge in [-0.2, -0.15) is 0 Å². The monoisotopic (exact) mass is 158 g/mol. The molecule has 0 bridgehead atoms. The van der Waals surface area contributed by atoms with Gasteiger partial charge in [-0.1, -0.05) is 12.1 Å². The SMILES string of the molecule is C=Nc1ccccc1N=C=CC. The molecule has 0 N–H and O–H groups in total. The maximum Gasteiger partial charge on any atom is 0.0985 e. The quantitative estimate of drug-likeness (QED) is 0.591. The predicted molar refractivity (Wildman–Crippen MR) is 53.0 cm³/mol. The first kappa shape index (κ1) is 8.44. The second kappa shape index (κ2) is 4.27. The Kier molecular flexibility index (Phi) is 3.00. The molecule has 2 nitrogen and oxygen atoms in total. The predicted octanol–water partition coefficient (Wildman–Crippen LogP) is 2.90. The molecule has 0 atom stereocenters. The Bertz CT molecular complexity index is 333. The second-order valence-corrected chi connectivity index (χ2v) is 2.18. The topological polar surface area (TPSA) is 24.7 Å². The molecule has 1 aromatic rings. The Morgan fingerprint density at radius 3 is 2.58 bits per heavy atom. The summed E-state index contributed by atoms with van der Waals surface area (Å²) in [6.45, 7) is 5.32. The minimum atomic E-state index is 0.784. The standard InChI is InChI=1S/C10H10N2/c1-3-8-12-10-7-5-4-6-9(10)11-2/h3-7H,2H2,1H3. The average molecular weight is 158 g/mol. The van der Waals surface area contributed by atoms with Crippen LogP contribution in [-0.4, -0.2) is 12.6 Å². The van der Waals surface area contributed by atoms with E-state index in [4.69, 9.17) is 0 Å². The van der Waals surface area contributed by atoms with Crippen LogP contribution in [0, 0.1) is 0 Å². The van der Waals surface area contributed by atoms with E-state index in [9.17, 15) is 0 Å². The van der Waals surface area contributed by atoms with E-state index >= 15 is 0 Å². The summed E-state index contributed by atoms with van der Waals surface area (Å²) in [5.74, 6) is 2.75. The Hall–Kier alpha value is -1.66. The number of hydrogen-bond acceptors (Lipinski definition) is 2. The Balaban J connectivity index is 3.13. The molecule has 0 aromatic heterocycles. The number of allylic oxidation sites excluding steroid dienone is 1. The van der Waals surface area contributed by atoms with Gasteiger partial charge in [-0.3, -0.25) is 4.99 Å². The van der Waals surface area contributed by atoms with E-state index in [1.54, 1.807) is 6.08 Å². The fourth-order valence-corrected chi connectivity index (χ4v) is 0.827. The molecule has 0 radical (unpaired) electrons. The molecule has 0 aliphatic heterocycles. The lowest BCUT2D eigenvalue weighted by Gasteiger charge is -1.94. The van der Waals surface area contributed by atoms with Gasteiger partial charge in [-0.15, -0.1) is 0 Å². The lowest BCUT2D eigenvalue weighted by Crippen LogP contribution is -1.65. The highest BCUT2D eigenvalue weighted by atomic mass is 14.8. The molecule has 0 saturated carbocycles. The smallest absolute Gasteiger partial charge is 0.0985 e. The molecule has 1 rings (SSSR count). The van der Waals surface area contributed by atoms with E-state index in [2.05, 4.69) is 22.6 Å². The van der Waals surface area contributed by atoms with E-state index in [1.165, 1.54) is 0 Å². The highest BCUT2D eigenvalue weighted by molar-refractivity contribution is 5.69. The third kappa shape index (κ3) is 1.91. The van der Waals surface area contributed by atoms with E-state index in [-0.39, 0.29) is 0 Å². The summed E-state index contributed by atoms with van der Waals surface area (Å²) in [5.41, 5.74) is 1.58. The molecule has 0 aliphatic carbocycles. The minimum absolute atomic E-state index is 0.784. The van der Waals surface area contributed by atoms with E-state index < -0.39 is 0 Å². The zero-order valence-electron chi connectivity index (χ0n) is 6.99. The van der Waals surface area contributed by atoms with E-state index in [1.807, 2.05) is 31.2 Å². The summed E-state index contributed by atoms with van der Waals surface area (Å²) < 4.78 is 0. The summed E-state index contributed by atoms with van der Waals surface area (Å²) in [6.07, 6.45) is 1.75. The number of nitrogens with zero attached hydrogens (tertiary/aromatic N) is 2. The first-order valence-corrected chi connectivity index (χ1v) is 3.68. The number of hydrogen-bond donors (Lipinski definition) is 0. The van der Waals surface area contributed by atoms with Crippen molar-refractivity contribution in [3.05, 3.63) is 30.3 Å². The summed E-state index contributed by atoms with van der Waals surface area (Å²) in [7, 11) is 0. The highest BCUT2D eigenvalue weighted by Gasteiger charge is 1.93. The molecule has 2 heteroatoms. The maximum atomic E-state index is 4.06. The van der Waals surface area contributed by atoms with E-state index in [0.29, 0.717) is 0 Å². The van der Waals surface area contributed by atoms with Crippen molar-refractivity contribution >= 4 is 24.0 Å². The number of aliphatic imine (C=N–C) groups is 2. The third-order valence-electron chi connectivity index (χ3n) is 1.37. The summed E-state index contributed by atoms with van der Waals surface area (Å²) >= 11 is 0. The molecule has 0 heterocycles. The summed E-state index contributed by atoms with van der Waals surface area (Å²) in [5, 5.41) is 0. The molecule has 60 valence electrons.